The lowest BCUT2D eigenvalue weighted by Gasteiger charge is -2.03. The zero-order chi connectivity index (χ0) is 17.9. The standard InChI is InChI=1S/C20H16N4OS/c1-14-4-2-6-19(21-14)23-20-22-18(13-26-20)16-9-7-15(8-10-16)17-5-3-11-24(25)12-17/h2-13H,1H3,(H,21,22,23). The molecule has 4 rings (SSSR count). The molecular formula is C20H16N4OS. The largest absolute Gasteiger partial charge is 0.619 e. The average molecular weight is 360 g/mol. The number of benzene rings is 1. The Balaban J connectivity index is 1.54. The van der Waals surface area contributed by atoms with Crippen LogP contribution in [0.1, 0.15) is 5.69 Å². The summed E-state index contributed by atoms with van der Waals surface area (Å²) in [4.78, 5) is 9.07. The normalized spacial score (nSPS) is 10.7. The number of aryl methyl sites for hydroxylation is 1. The van der Waals surface area contributed by atoms with E-state index in [4.69, 9.17) is 0 Å². The van der Waals surface area contributed by atoms with Crippen molar-refractivity contribution in [2.24, 2.45) is 0 Å². The minimum absolute atomic E-state index is 0.788. The van der Waals surface area contributed by atoms with Gasteiger partial charge < -0.3 is 10.5 Å². The maximum Gasteiger partial charge on any atom is 0.188 e. The van der Waals surface area contributed by atoms with Gasteiger partial charge in [-0.25, -0.2) is 9.97 Å². The Morgan fingerprint density at radius 1 is 0.923 bits per heavy atom. The summed E-state index contributed by atoms with van der Waals surface area (Å²) in [6, 6.07) is 17.5. The first-order valence-electron chi connectivity index (χ1n) is 8.13. The topological polar surface area (TPSA) is 64.8 Å². The minimum atomic E-state index is 0.788. The van der Waals surface area contributed by atoms with Crippen LogP contribution < -0.4 is 10.0 Å². The van der Waals surface area contributed by atoms with Gasteiger partial charge in [0.1, 0.15) is 5.82 Å². The molecule has 6 heteroatoms. The number of anilines is 2. The highest BCUT2D eigenvalue weighted by molar-refractivity contribution is 7.14. The molecule has 5 nitrogen and oxygen atoms in total. The molecule has 3 aromatic heterocycles. The van der Waals surface area contributed by atoms with E-state index in [1.165, 1.54) is 6.20 Å². The molecular weight excluding hydrogens is 344 g/mol. The van der Waals surface area contributed by atoms with E-state index in [1.807, 2.05) is 60.8 Å². The molecule has 128 valence electrons. The maximum absolute atomic E-state index is 11.4. The van der Waals surface area contributed by atoms with Gasteiger partial charge in [0, 0.05) is 28.3 Å². The van der Waals surface area contributed by atoms with E-state index in [2.05, 4.69) is 15.3 Å². The molecule has 0 aliphatic heterocycles. The van der Waals surface area contributed by atoms with Crippen LogP contribution in [-0.2, 0) is 0 Å². The summed E-state index contributed by atoms with van der Waals surface area (Å²) in [5, 5.41) is 17.5. The van der Waals surface area contributed by atoms with Crippen molar-refractivity contribution in [3.63, 3.8) is 0 Å². The molecule has 0 spiro atoms. The first kappa shape index (κ1) is 16.2. The average Bonchev–Trinajstić information content (AvgIpc) is 3.10. The molecule has 0 fully saturated rings. The van der Waals surface area contributed by atoms with Crippen LogP contribution in [0.4, 0.5) is 10.9 Å². The third kappa shape index (κ3) is 3.55. The molecule has 0 bridgehead atoms. The van der Waals surface area contributed by atoms with E-state index >= 15 is 0 Å². The SMILES string of the molecule is Cc1cccc(Nc2nc(-c3ccc(-c4ccc[n+]([O-])c4)cc3)cs2)n1. The van der Waals surface area contributed by atoms with Crippen LogP contribution in [0.2, 0.25) is 0 Å². The number of hydrogen-bond donors (Lipinski definition) is 1. The van der Waals surface area contributed by atoms with Gasteiger partial charge in [0.2, 0.25) is 0 Å². The van der Waals surface area contributed by atoms with Gasteiger partial charge in [-0.2, -0.15) is 4.73 Å². The number of aromatic nitrogens is 3. The fourth-order valence-electron chi connectivity index (χ4n) is 2.64. The summed E-state index contributed by atoms with van der Waals surface area (Å²) < 4.78 is 0.807. The van der Waals surface area contributed by atoms with Crippen LogP contribution in [0.3, 0.4) is 0 Å². The van der Waals surface area contributed by atoms with Crippen LogP contribution in [0.25, 0.3) is 22.4 Å². The molecule has 0 radical (unpaired) electrons. The van der Waals surface area contributed by atoms with Crippen LogP contribution in [0.15, 0.2) is 72.4 Å². The molecule has 0 unspecified atom stereocenters. The lowest BCUT2D eigenvalue weighted by molar-refractivity contribution is -0.604. The Bertz CT molecular complexity index is 1040. The quantitative estimate of drug-likeness (QED) is 0.428. The number of nitrogens with one attached hydrogen (secondary N) is 1. The third-order valence-corrected chi connectivity index (χ3v) is 4.67. The minimum Gasteiger partial charge on any atom is -0.619 e. The number of nitrogens with zero attached hydrogens (tertiary/aromatic N) is 3. The zero-order valence-corrected chi connectivity index (χ0v) is 14.9. The van der Waals surface area contributed by atoms with E-state index < -0.39 is 0 Å². The van der Waals surface area contributed by atoms with Gasteiger partial charge >= 0.3 is 0 Å². The molecule has 0 saturated carbocycles. The lowest BCUT2D eigenvalue weighted by atomic mass is 10.0. The van der Waals surface area contributed by atoms with Crippen molar-refractivity contribution in [1.29, 1.82) is 0 Å². The van der Waals surface area contributed by atoms with E-state index in [0.29, 0.717) is 0 Å². The predicted octanol–water partition coefficient (Wildman–Crippen LogP) is 4.56. The van der Waals surface area contributed by atoms with Crippen molar-refractivity contribution in [1.82, 2.24) is 9.97 Å². The zero-order valence-electron chi connectivity index (χ0n) is 14.1. The van der Waals surface area contributed by atoms with E-state index in [9.17, 15) is 5.21 Å². The smallest absolute Gasteiger partial charge is 0.188 e. The van der Waals surface area contributed by atoms with Crippen LogP contribution in [0.5, 0.6) is 0 Å². The lowest BCUT2D eigenvalue weighted by Crippen LogP contribution is -2.23. The summed E-state index contributed by atoms with van der Waals surface area (Å²) in [5.74, 6) is 0.788. The second-order valence-electron chi connectivity index (χ2n) is 5.86. The fourth-order valence-corrected chi connectivity index (χ4v) is 3.37. The molecule has 4 aromatic rings. The Hall–Kier alpha value is -3.25. The maximum atomic E-state index is 11.4. The van der Waals surface area contributed by atoms with Crippen molar-refractivity contribution >= 4 is 22.3 Å². The second-order valence-corrected chi connectivity index (χ2v) is 6.72. The monoisotopic (exact) mass is 360 g/mol. The van der Waals surface area contributed by atoms with Crippen molar-refractivity contribution < 1.29 is 4.73 Å². The number of hydrogen-bond acceptors (Lipinski definition) is 5. The van der Waals surface area contributed by atoms with Gasteiger partial charge in [0.15, 0.2) is 17.5 Å². The predicted molar refractivity (Wildman–Crippen MR) is 104 cm³/mol. The first-order valence-corrected chi connectivity index (χ1v) is 9.01. The summed E-state index contributed by atoms with van der Waals surface area (Å²) in [6.45, 7) is 1.96. The highest BCUT2D eigenvalue weighted by Crippen LogP contribution is 2.28. The Labute approximate surface area is 155 Å². The Morgan fingerprint density at radius 2 is 1.73 bits per heavy atom. The molecule has 1 aromatic carbocycles. The molecule has 0 amide bonds. The van der Waals surface area contributed by atoms with Gasteiger partial charge in [-0.1, -0.05) is 30.3 Å². The van der Waals surface area contributed by atoms with E-state index in [-0.39, 0.29) is 0 Å². The number of thiazole rings is 1. The van der Waals surface area contributed by atoms with Crippen LogP contribution in [-0.4, -0.2) is 9.97 Å². The van der Waals surface area contributed by atoms with Crippen molar-refractivity contribution in [3.8, 4) is 22.4 Å². The highest BCUT2D eigenvalue weighted by Gasteiger charge is 2.07. The van der Waals surface area contributed by atoms with Gasteiger partial charge in [0.25, 0.3) is 0 Å². The van der Waals surface area contributed by atoms with Gasteiger partial charge in [-0.15, -0.1) is 11.3 Å². The summed E-state index contributed by atoms with van der Waals surface area (Å²) in [5.41, 5.74) is 4.78. The second kappa shape index (κ2) is 6.93. The van der Waals surface area contributed by atoms with E-state index in [1.54, 1.807) is 23.6 Å². The van der Waals surface area contributed by atoms with Crippen LogP contribution >= 0.6 is 11.3 Å². The van der Waals surface area contributed by atoms with Gasteiger partial charge in [-0.3, -0.25) is 0 Å². The highest BCUT2D eigenvalue weighted by atomic mass is 32.1. The number of rotatable bonds is 4. The molecule has 1 N–H and O–H groups in total. The molecule has 0 aliphatic carbocycles. The Kier molecular flexibility index (Phi) is 4.33. The molecule has 0 aliphatic rings. The summed E-state index contributed by atoms with van der Waals surface area (Å²) in [6.07, 6.45) is 3.04. The van der Waals surface area contributed by atoms with Crippen molar-refractivity contribution in [3.05, 3.63) is 83.3 Å². The fraction of sp³-hybridized carbons (Fsp3) is 0.0500. The van der Waals surface area contributed by atoms with Crippen molar-refractivity contribution in [2.75, 3.05) is 5.32 Å². The summed E-state index contributed by atoms with van der Waals surface area (Å²) >= 11 is 1.54. The molecule has 0 atom stereocenters. The van der Waals surface area contributed by atoms with E-state index in [0.717, 1.165) is 43.8 Å². The van der Waals surface area contributed by atoms with Gasteiger partial charge in [-0.05, 0) is 30.7 Å². The molecule has 26 heavy (non-hydrogen) atoms. The molecule has 0 saturated heterocycles. The molecule has 3 heterocycles. The Morgan fingerprint density at radius 3 is 2.50 bits per heavy atom. The van der Waals surface area contributed by atoms with Gasteiger partial charge in [0.05, 0.1) is 5.69 Å². The third-order valence-electron chi connectivity index (χ3n) is 3.92. The first-order chi connectivity index (χ1) is 12.7. The summed E-state index contributed by atoms with van der Waals surface area (Å²) in [7, 11) is 0. The number of pyridine rings is 2. The van der Waals surface area contributed by atoms with Crippen LogP contribution in [0, 0.1) is 12.1 Å². The van der Waals surface area contributed by atoms with Crippen molar-refractivity contribution in [2.45, 2.75) is 6.92 Å².